The fourth-order valence-electron chi connectivity index (χ4n) is 1.54. The molecule has 98 valence electrons. The highest BCUT2D eigenvalue weighted by molar-refractivity contribution is 6.31. The molecule has 0 atom stereocenters. The third kappa shape index (κ3) is 3.82. The largest absolute Gasteiger partial charge is 0.495 e. The first-order valence-corrected chi connectivity index (χ1v) is 6.26. The van der Waals surface area contributed by atoms with E-state index < -0.39 is 0 Å². The first kappa shape index (κ1) is 14.7. The number of anilines is 1. The summed E-state index contributed by atoms with van der Waals surface area (Å²) in [5.74, 6) is 0.723. The van der Waals surface area contributed by atoms with Crippen molar-refractivity contribution >= 4 is 17.3 Å². The van der Waals surface area contributed by atoms with E-state index in [1.165, 1.54) is 0 Å². The van der Waals surface area contributed by atoms with Gasteiger partial charge in [-0.3, -0.25) is 0 Å². The Morgan fingerprint density at radius 3 is 2.67 bits per heavy atom. The molecule has 4 heteroatoms. The summed E-state index contributed by atoms with van der Waals surface area (Å²) in [6, 6.07) is 6.04. The molecule has 0 bridgehead atoms. The predicted molar refractivity (Wildman–Crippen MR) is 75.2 cm³/mol. The Bertz CT molecular complexity index is 464. The molecule has 0 amide bonds. The minimum atomic E-state index is -0.318. The molecule has 1 aromatic carbocycles. The topological polar surface area (TPSA) is 45.0 Å². The molecule has 3 nitrogen and oxygen atoms in total. The average molecular weight is 267 g/mol. The summed E-state index contributed by atoms with van der Waals surface area (Å²) in [5, 5.41) is 12.9. The second kappa shape index (κ2) is 5.97. The molecular weight excluding hydrogens is 248 g/mol. The number of nitrogens with one attached hydrogen (secondary N) is 1. The van der Waals surface area contributed by atoms with E-state index in [0.717, 1.165) is 30.0 Å². The van der Waals surface area contributed by atoms with Crippen molar-refractivity contribution in [2.75, 3.05) is 19.0 Å². The van der Waals surface area contributed by atoms with Gasteiger partial charge in [0.15, 0.2) is 0 Å². The van der Waals surface area contributed by atoms with E-state index >= 15 is 0 Å². The predicted octanol–water partition coefficient (Wildman–Crippen LogP) is 4.01. The molecule has 0 heterocycles. The smallest absolute Gasteiger partial charge is 0.143 e. The molecule has 0 aromatic heterocycles. The molecule has 0 aliphatic heterocycles. The molecule has 0 fully saturated rings. The van der Waals surface area contributed by atoms with Crippen LogP contribution in [0, 0.1) is 23.7 Å². The van der Waals surface area contributed by atoms with Crippen LogP contribution in [0.25, 0.3) is 0 Å². The third-order valence-corrected chi connectivity index (χ3v) is 3.26. The van der Waals surface area contributed by atoms with Crippen LogP contribution in [0.15, 0.2) is 12.1 Å². The van der Waals surface area contributed by atoms with Gasteiger partial charge in [-0.25, -0.2) is 0 Å². The van der Waals surface area contributed by atoms with Crippen molar-refractivity contribution in [2.24, 2.45) is 5.41 Å². The fourth-order valence-corrected chi connectivity index (χ4v) is 1.69. The summed E-state index contributed by atoms with van der Waals surface area (Å²) in [5.41, 5.74) is 1.59. The molecule has 0 unspecified atom stereocenters. The number of halogens is 1. The van der Waals surface area contributed by atoms with Gasteiger partial charge in [0.25, 0.3) is 0 Å². The van der Waals surface area contributed by atoms with Gasteiger partial charge >= 0.3 is 0 Å². The molecule has 0 saturated carbocycles. The maximum Gasteiger partial charge on any atom is 0.143 e. The summed E-state index contributed by atoms with van der Waals surface area (Å²) in [6.07, 6.45) is 0.772. The lowest BCUT2D eigenvalue weighted by atomic mass is 9.91. The van der Waals surface area contributed by atoms with Crippen molar-refractivity contribution < 1.29 is 4.74 Å². The van der Waals surface area contributed by atoms with Crippen molar-refractivity contribution in [3.8, 4) is 11.8 Å². The van der Waals surface area contributed by atoms with Gasteiger partial charge in [-0.2, -0.15) is 5.26 Å². The number of ether oxygens (including phenoxy) is 1. The lowest BCUT2D eigenvalue weighted by molar-refractivity contribution is 0.415. The molecule has 18 heavy (non-hydrogen) atoms. The van der Waals surface area contributed by atoms with Gasteiger partial charge in [0, 0.05) is 17.6 Å². The van der Waals surface area contributed by atoms with E-state index in [4.69, 9.17) is 21.6 Å². The third-order valence-electron chi connectivity index (χ3n) is 2.85. The molecule has 0 aliphatic rings. The second-order valence-electron chi connectivity index (χ2n) is 4.97. The van der Waals surface area contributed by atoms with Gasteiger partial charge in [-0.05, 0) is 38.8 Å². The minimum Gasteiger partial charge on any atom is -0.495 e. The average Bonchev–Trinajstić information content (AvgIpc) is 2.33. The molecule has 1 rings (SSSR count). The van der Waals surface area contributed by atoms with Gasteiger partial charge in [0.05, 0.1) is 24.3 Å². The maximum absolute atomic E-state index is 8.95. The van der Waals surface area contributed by atoms with Crippen LogP contribution in [0.1, 0.15) is 25.8 Å². The summed E-state index contributed by atoms with van der Waals surface area (Å²) in [4.78, 5) is 0. The van der Waals surface area contributed by atoms with Crippen LogP contribution < -0.4 is 10.1 Å². The highest BCUT2D eigenvalue weighted by atomic mass is 35.5. The molecule has 0 spiro atoms. The Kier molecular flexibility index (Phi) is 4.86. The molecule has 1 N–H and O–H groups in total. The normalized spacial score (nSPS) is 10.9. The highest BCUT2D eigenvalue weighted by Gasteiger charge is 2.16. The van der Waals surface area contributed by atoms with Crippen LogP contribution in [-0.2, 0) is 0 Å². The number of aryl methyl sites for hydroxylation is 1. The Morgan fingerprint density at radius 2 is 2.11 bits per heavy atom. The van der Waals surface area contributed by atoms with Crippen LogP contribution in [0.3, 0.4) is 0 Å². The zero-order valence-electron chi connectivity index (χ0n) is 11.3. The number of rotatable bonds is 5. The second-order valence-corrected chi connectivity index (χ2v) is 5.38. The zero-order chi connectivity index (χ0) is 13.8. The molecule has 0 saturated heterocycles. The quantitative estimate of drug-likeness (QED) is 0.876. The summed E-state index contributed by atoms with van der Waals surface area (Å²) in [7, 11) is 1.62. The molecule has 1 aromatic rings. The highest BCUT2D eigenvalue weighted by Crippen LogP contribution is 2.31. The number of hydrogen-bond acceptors (Lipinski definition) is 3. The first-order valence-electron chi connectivity index (χ1n) is 5.89. The van der Waals surface area contributed by atoms with Crippen LogP contribution in [0.2, 0.25) is 5.02 Å². The van der Waals surface area contributed by atoms with Gasteiger partial charge in [-0.15, -0.1) is 0 Å². The van der Waals surface area contributed by atoms with E-state index in [2.05, 4.69) is 11.4 Å². The SMILES string of the molecule is COc1cc(Cl)c(C)cc1NCCC(C)(C)C#N. The zero-order valence-corrected chi connectivity index (χ0v) is 12.1. The molecule has 0 radical (unpaired) electrons. The maximum atomic E-state index is 8.95. The van der Waals surface area contributed by atoms with Crippen LogP contribution >= 0.6 is 11.6 Å². The first-order chi connectivity index (χ1) is 8.39. The fraction of sp³-hybridized carbons (Fsp3) is 0.500. The standard InChI is InChI=1S/C14H19ClN2O/c1-10-7-12(13(18-4)8-11(10)15)17-6-5-14(2,3)9-16/h7-8,17H,5-6H2,1-4H3. The summed E-state index contributed by atoms with van der Waals surface area (Å²) >= 11 is 6.04. The van der Waals surface area contributed by atoms with E-state index in [1.54, 1.807) is 13.2 Å². The van der Waals surface area contributed by atoms with Crippen molar-refractivity contribution in [1.82, 2.24) is 0 Å². The van der Waals surface area contributed by atoms with Gasteiger partial charge in [0.1, 0.15) is 5.75 Å². The van der Waals surface area contributed by atoms with Gasteiger partial charge < -0.3 is 10.1 Å². The monoisotopic (exact) mass is 266 g/mol. The van der Waals surface area contributed by atoms with Crippen LogP contribution in [-0.4, -0.2) is 13.7 Å². The minimum absolute atomic E-state index is 0.318. The number of hydrogen-bond donors (Lipinski definition) is 1. The van der Waals surface area contributed by atoms with E-state index in [-0.39, 0.29) is 5.41 Å². The van der Waals surface area contributed by atoms with Crippen molar-refractivity contribution in [2.45, 2.75) is 27.2 Å². The Balaban J connectivity index is 2.74. The van der Waals surface area contributed by atoms with Crippen molar-refractivity contribution in [1.29, 1.82) is 5.26 Å². The number of nitriles is 1. The van der Waals surface area contributed by atoms with E-state index in [1.807, 2.05) is 26.8 Å². The molecule has 0 aliphatic carbocycles. The van der Waals surface area contributed by atoms with E-state index in [9.17, 15) is 0 Å². The number of benzene rings is 1. The lowest BCUT2D eigenvalue weighted by Crippen LogP contribution is -2.15. The Labute approximate surface area is 114 Å². The Morgan fingerprint density at radius 1 is 1.44 bits per heavy atom. The Hall–Kier alpha value is -1.40. The van der Waals surface area contributed by atoms with Gasteiger partial charge in [-0.1, -0.05) is 11.6 Å². The molecular formula is C14H19ClN2O. The number of nitrogens with zero attached hydrogens (tertiary/aromatic N) is 1. The lowest BCUT2D eigenvalue weighted by Gasteiger charge is -2.17. The van der Waals surface area contributed by atoms with Crippen LogP contribution in [0.5, 0.6) is 5.75 Å². The van der Waals surface area contributed by atoms with Gasteiger partial charge in [0.2, 0.25) is 0 Å². The van der Waals surface area contributed by atoms with E-state index in [0.29, 0.717) is 5.02 Å². The number of methoxy groups -OCH3 is 1. The van der Waals surface area contributed by atoms with Crippen molar-refractivity contribution in [3.05, 3.63) is 22.7 Å². The summed E-state index contributed by atoms with van der Waals surface area (Å²) in [6.45, 7) is 6.53. The van der Waals surface area contributed by atoms with Crippen LogP contribution in [0.4, 0.5) is 5.69 Å². The summed E-state index contributed by atoms with van der Waals surface area (Å²) < 4.78 is 5.28. The van der Waals surface area contributed by atoms with Crippen molar-refractivity contribution in [3.63, 3.8) is 0 Å².